The standard InChI is InChI=1S/C10H15N3O2/c11-3-7-15-8-6-13-10(14)9-1-4-12-5-2-9/h1-2,4-5H,3,6-8,11H2,(H,13,14). The van der Waals surface area contributed by atoms with Gasteiger partial charge in [0, 0.05) is 31.0 Å². The van der Waals surface area contributed by atoms with E-state index in [2.05, 4.69) is 10.3 Å². The van der Waals surface area contributed by atoms with E-state index in [4.69, 9.17) is 10.5 Å². The molecule has 1 aromatic heterocycles. The largest absolute Gasteiger partial charge is 0.378 e. The number of carbonyl (C=O) groups is 1. The van der Waals surface area contributed by atoms with Crippen molar-refractivity contribution in [3.63, 3.8) is 0 Å². The fourth-order valence-corrected chi connectivity index (χ4v) is 1.03. The first kappa shape index (κ1) is 11.6. The summed E-state index contributed by atoms with van der Waals surface area (Å²) in [5.41, 5.74) is 5.84. The molecule has 0 atom stereocenters. The lowest BCUT2D eigenvalue weighted by Crippen LogP contribution is -2.27. The molecule has 0 bridgehead atoms. The van der Waals surface area contributed by atoms with Crippen molar-refractivity contribution in [1.82, 2.24) is 10.3 Å². The molecule has 82 valence electrons. The molecule has 5 heteroatoms. The van der Waals surface area contributed by atoms with Crippen LogP contribution in [-0.2, 0) is 4.74 Å². The molecule has 0 aromatic carbocycles. The van der Waals surface area contributed by atoms with Crippen molar-refractivity contribution in [2.75, 3.05) is 26.3 Å². The Morgan fingerprint density at radius 3 is 2.80 bits per heavy atom. The van der Waals surface area contributed by atoms with E-state index in [1.165, 1.54) is 0 Å². The van der Waals surface area contributed by atoms with Crippen LogP contribution < -0.4 is 11.1 Å². The van der Waals surface area contributed by atoms with Crippen LogP contribution in [0.25, 0.3) is 0 Å². The third-order valence-corrected chi connectivity index (χ3v) is 1.74. The van der Waals surface area contributed by atoms with Crippen LogP contribution in [0.1, 0.15) is 10.4 Å². The summed E-state index contributed by atoms with van der Waals surface area (Å²) in [6, 6.07) is 3.33. The monoisotopic (exact) mass is 209 g/mol. The number of nitrogens with one attached hydrogen (secondary N) is 1. The van der Waals surface area contributed by atoms with E-state index in [-0.39, 0.29) is 5.91 Å². The van der Waals surface area contributed by atoms with E-state index in [0.29, 0.717) is 31.9 Å². The van der Waals surface area contributed by atoms with E-state index in [9.17, 15) is 4.79 Å². The van der Waals surface area contributed by atoms with Crippen LogP contribution in [0.15, 0.2) is 24.5 Å². The lowest BCUT2D eigenvalue weighted by atomic mass is 10.2. The number of pyridine rings is 1. The van der Waals surface area contributed by atoms with E-state index in [1.54, 1.807) is 24.5 Å². The Bertz CT molecular complexity index is 290. The van der Waals surface area contributed by atoms with Gasteiger partial charge in [0.2, 0.25) is 0 Å². The minimum Gasteiger partial charge on any atom is -0.378 e. The van der Waals surface area contributed by atoms with Crippen LogP contribution in [0.2, 0.25) is 0 Å². The highest BCUT2D eigenvalue weighted by atomic mass is 16.5. The highest BCUT2D eigenvalue weighted by Gasteiger charge is 2.02. The van der Waals surface area contributed by atoms with Crippen molar-refractivity contribution in [2.45, 2.75) is 0 Å². The first-order chi connectivity index (χ1) is 7.34. The average molecular weight is 209 g/mol. The van der Waals surface area contributed by atoms with E-state index >= 15 is 0 Å². The fraction of sp³-hybridized carbons (Fsp3) is 0.400. The quantitative estimate of drug-likeness (QED) is 0.635. The number of carbonyl (C=O) groups excluding carboxylic acids is 1. The molecular weight excluding hydrogens is 194 g/mol. The molecule has 0 aliphatic carbocycles. The predicted octanol–water partition coefficient (Wildman–Crippen LogP) is -0.213. The number of hydrogen-bond donors (Lipinski definition) is 2. The second kappa shape index (κ2) is 6.92. The van der Waals surface area contributed by atoms with Crippen LogP contribution in [0.5, 0.6) is 0 Å². The number of nitrogens with zero attached hydrogens (tertiary/aromatic N) is 1. The number of hydrogen-bond acceptors (Lipinski definition) is 4. The van der Waals surface area contributed by atoms with Crippen molar-refractivity contribution in [3.8, 4) is 0 Å². The molecular formula is C10H15N3O2. The maximum atomic E-state index is 11.5. The van der Waals surface area contributed by atoms with Gasteiger partial charge in [0.1, 0.15) is 0 Å². The summed E-state index contributed by atoms with van der Waals surface area (Å²) >= 11 is 0. The summed E-state index contributed by atoms with van der Waals surface area (Å²) in [5, 5.41) is 2.73. The highest BCUT2D eigenvalue weighted by molar-refractivity contribution is 5.93. The van der Waals surface area contributed by atoms with Gasteiger partial charge < -0.3 is 15.8 Å². The van der Waals surface area contributed by atoms with E-state index in [0.717, 1.165) is 0 Å². The minimum absolute atomic E-state index is 0.117. The van der Waals surface area contributed by atoms with Crippen LogP contribution >= 0.6 is 0 Å². The van der Waals surface area contributed by atoms with Gasteiger partial charge in [0.05, 0.1) is 13.2 Å². The molecule has 3 N–H and O–H groups in total. The van der Waals surface area contributed by atoms with Gasteiger partial charge in [-0.05, 0) is 12.1 Å². The molecule has 15 heavy (non-hydrogen) atoms. The van der Waals surface area contributed by atoms with Crippen LogP contribution in [-0.4, -0.2) is 37.2 Å². The molecule has 1 heterocycles. The molecule has 1 rings (SSSR count). The molecule has 1 amide bonds. The number of amides is 1. The third-order valence-electron chi connectivity index (χ3n) is 1.74. The van der Waals surface area contributed by atoms with Gasteiger partial charge >= 0.3 is 0 Å². The van der Waals surface area contributed by atoms with Gasteiger partial charge in [-0.25, -0.2) is 0 Å². The molecule has 0 fully saturated rings. The number of aromatic nitrogens is 1. The maximum Gasteiger partial charge on any atom is 0.251 e. The summed E-state index contributed by atoms with van der Waals surface area (Å²) in [4.78, 5) is 15.3. The Morgan fingerprint density at radius 2 is 2.13 bits per heavy atom. The van der Waals surface area contributed by atoms with Gasteiger partial charge in [0.25, 0.3) is 5.91 Å². The lowest BCUT2D eigenvalue weighted by Gasteiger charge is -2.05. The smallest absolute Gasteiger partial charge is 0.251 e. The molecule has 0 radical (unpaired) electrons. The predicted molar refractivity (Wildman–Crippen MR) is 56.4 cm³/mol. The topological polar surface area (TPSA) is 77.2 Å². The molecule has 0 saturated heterocycles. The zero-order valence-corrected chi connectivity index (χ0v) is 8.48. The number of ether oxygens (including phenoxy) is 1. The Kier molecular flexibility index (Phi) is 5.35. The molecule has 5 nitrogen and oxygen atoms in total. The summed E-state index contributed by atoms with van der Waals surface area (Å²) in [5.74, 6) is -0.117. The summed E-state index contributed by atoms with van der Waals surface area (Å²) in [6.45, 7) is 1.98. The Hall–Kier alpha value is -1.46. The Labute approximate surface area is 88.6 Å². The lowest BCUT2D eigenvalue weighted by molar-refractivity contribution is 0.0920. The third kappa shape index (κ3) is 4.53. The van der Waals surface area contributed by atoms with Crippen LogP contribution in [0.4, 0.5) is 0 Å². The van der Waals surface area contributed by atoms with Crippen molar-refractivity contribution < 1.29 is 9.53 Å². The van der Waals surface area contributed by atoms with Gasteiger partial charge in [-0.1, -0.05) is 0 Å². The van der Waals surface area contributed by atoms with Crippen molar-refractivity contribution in [2.24, 2.45) is 5.73 Å². The highest BCUT2D eigenvalue weighted by Crippen LogP contribution is 1.94. The Morgan fingerprint density at radius 1 is 1.40 bits per heavy atom. The molecule has 0 saturated carbocycles. The zero-order chi connectivity index (χ0) is 10.9. The summed E-state index contributed by atoms with van der Waals surface area (Å²) < 4.78 is 5.12. The van der Waals surface area contributed by atoms with Gasteiger partial charge in [-0.3, -0.25) is 9.78 Å². The summed E-state index contributed by atoms with van der Waals surface area (Å²) in [7, 11) is 0. The number of nitrogens with two attached hydrogens (primary N) is 1. The van der Waals surface area contributed by atoms with Crippen molar-refractivity contribution >= 4 is 5.91 Å². The molecule has 0 spiro atoms. The Balaban J connectivity index is 2.20. The van der Waals surface area contributed by atoms with Gasteiger partial charge in [-0.2, -0.15) is 0 Å². The molecule has 1 aromatic rings. The molecule has 0 aliphatic heterocycles. The summed E-state index contributed by atoms with van der Waals surface area (Å²) in [6.07, 6.45) is 3.17. The second-order valence-electron chi connectivity index (χ2n) is 2.89. The first-order valence-electron chi connectivity index (χ1n) is 4.80. The van der Waals surface area contributed by atoms with Crippen molar-refractivity contribution in [1.29, 1.82) is 0 Å². The number of rotatable bonds is 6. The van der Waals surface area contributed by atoms with E-state index in [1.807, 2.05) is 0 Å². The van der Waals surface area contributed by atoms with E-state index < -0.39 is 0 Å². The molecule has 0 aliphatic rings. The SMILES string of the molecule is NCCOCCNC(=O)c1ccncc1. The maximum absolute atomic E-state index is 11.5. The normalized spacial score (nSPS) is 9.93. The fourth-order valence-electron chi connectivity index (χ4n) is 1.03. The van der Waals surface area contributed by atoms with Gasteiger partial charge in [-0.15, -0.1) is 0 Å². The van der Waals surface area contributed by atoms with Gasteiger partial charge in [0.15, 0.2) is 0 Å². The van der Waals surface area contributed by atoms with Crippen LogP contribution in [0.3, 0.4) is 0 Å². The van der Waals surface area contributed by atoms with Crippen molar-refractivity contribution in [3.05, 3.63) is 30.1 Å². The first-order valence-corrected chi connectivity index (χ1v) is 4.80. The average Bonchev–Trinajstić information content (AvgIpc) is 2.30. The second-order valence-corrected chi connectivity index (χ2v) is 2.89. The zero-order valence-electron chi connectivity index (χ0n) is 8.48. The molecule has 0 unspecified atom stereocenters. The van der Waals surface area contributed by atoms with Crippen LogP contribution in [0, 0.1) is 0 Å². The minimum atomic E-state index is -0.117.